The fraction of sp³-hybridized carbons (Fsp3) is 0.643. The number of nitrogens with zero attached hydrogens (tertiary/aromatic N) is 1. The molecule has 0 N–H and O–H groups in total. The molecule has 5 nitrogen and oxygen atoms in total. The minimum Gasteiger partial charge on any atom is -0.468 e. The summed E-state index contributed by atoms with van der Waals surface area (Å²) >= 11 is 1.49. The highest BCUT2D eigenvalue weighted by molar-refractivity contribution is 8.00. The van der Waals surface area contributed by atoms with E-state index in [9.17, 15) is 14.4 Å². The average molecular weight is 295 g/mol. The van der Waals surface area contributed by atoms with Gasteiger partial charge in [0, 0.05) is 25.1 Å². The summed E-state index contributed by atoms with van der Waals surface area (Å²) in [7, 11) is 1.32. The Morgan fingerprint density at radius 2 is 2.15 bits per heavy atom. The van der Waals surface area contributed by atoms with E-state index in [2.05, 4.69) is 0 Å². The van der Waals surface area contributed by atoms with Crippen LogP contribution in [0.1, 0.15) is 25.7 Å². The molecule has 0 aromatic rings. The predicted octanol–water partition coefficient (Wildman–Crippen LogP) is 1.13. The van der Waals surface area contributed by atoms with Gasteiger partial charge in [0.15, 0.2) is 5.78 Å². The third-order valence-electron chi connectivity index (χ3n) is 4.51. The first kappa shape index (κ1) is 13.7. The molecule has 1 unspecified atom stereocenters. The lowest BCUT2D eigenvalue weighted by molar-refractivity contribution is -0.153. The Kier molecular flexibility index (Phi) is 3.16. The minimum absolute atomic E-state index is 0.0400. The molecule has 2 aliphatic heterocycles. The number of hydrogen-bond donors (Lipinski definition) is 0. The van der Waals surface area contributed by atoms with Crippen molar-refractivity contribution in [2.24, 2.45) is 5.41 Å². The highest BCUT2D eigenvalue weighted by Gasteiger charge is 2.60. The third-order valence-corrected chi connectivity index (χ3v) is 5.52. The topological polar surface area (TPSA) is 63.7 Å². The van der Waals surface area contributed by atoms with E-state index in [4.69, 9.17) is 4.74 Å². The Hall–Kier alpha value is -1.30. The van der Waals surface area contributed by atoms with Crippen LogP contribution in [-0.4, -0.2) is 47.7 Å². The predicted molar refractivity (Wildman–Crippen MR) is 74.0 cm³/mol. The maximum Gasteiger partial charge on any atom is 0.318 e. The van der Waals surface area contributed by atoms with E-state index in [1.54, 1.807) is 4.90 Å². The maximum absolute atomic E-state index is 12.4. The molecule has 2 atom stereocenters. The zero-order chi connectivity index (χ0) is 14.5. The molecule has 0 bridgehead atoms. The van der Waals surface area contributed by atoms with E-state index in [1.807, 2.05) is 6.26 Å². The van der Waals surface area contributed by atoms with Crippen molar-refractivity contribution in [1.29, 1.82) is 0 Å². The second kappa shape index (κ2) is 4.62. The zero-order valence-corrected chi connectivity index (χ0v) is 12.4. The molecular weight excluding hydrogens is 278 g/mol. The fourth-order valence-electron chi connectivity index (χ4n) is 3.78. The van der Waals surface area contributed by atoms with Crippen LogP contribution in [0, 0.1) is 5.41 Å². The summed E-state index contributed by atoms with van der Waals surface area (Å²) in [6, 6.07) is 0. The molecule has 3 aliphatic rings. The number of rotatable bonds is 2. The summed E-state index contributed by atoms with van der Waals surface area (Å²) in [5, 5.41) is -0.212. The van der Waals surface area contributed by atoms with Gasteiger partial charge in [0.25, 0.3) is 0 Å². The number of carbonyl (C=O) groups excluding carboxylic acids is 3. The van der Waals surface area contributed by atoms with Crippen LogP contribution >= 0.6 is 11.8 Å². The van der Waals surface area contributed by atoms with Crippen molar-refractivity contribution in [3.05, 3.63) is 11.3 Å². The highest BCUT2D eigenvalue weighted by Crippen LogP contribution is 2.54. The van der Waals surface area contributed by atoms with Crippen molar-refractivity contribution >= 4 is 29.4 Å². The van der Waals surface area contributed by atoms with E-state index < -0.39 is 11.4 Å². The summed E-state index contributed by atoms with van der Waals surface area (Å²) in [5.74, 6) is -0.467. The van der Waals surface area contributed by atoms with Gasteiger partial charge in [-0.3, -0.25) is 14.4 Å². The summed E-state index contributed by atoms with van der Waals surface area (Å²) in [6.07, 6.45) is 3.70. The summed E-state index contributed by atoms with van der Waals surface area (Å²) in [4.78, 5) is 38.7. The monoisotopic (exact) mass is 295 g/mol. The van der Waals surface area contributed by atoms with Crippen molar-refractivity contribution in [3.63, 3.8) is 0 Å². The molecule has 2 heterocycles. The summed E-state index contributed by atoms with van der Waals surface area (Å²) in [5.41, 5.74) is 0.695. The smallest absolute Gasteiger partial charge is 0.318 e. The van der Waals surface area contributed by atoms with Crippen LogP contribution in [-0.2, 0) is 19.1 Å². The van der Waals surface area contributed by atoms with Crippen LogP contribution in [0.3, 0.4) is 0 Å². The molecule has 1 fully saturated rings. The maximum atomic E-state index is 12.4. The second-order valence-corrected chi connectivity index (χ2v) is 6.47. The van der Waals surface area contributed by atoms with Gasteiger partial charge < -0.3 is 9.64 Å². The Bertz CT molecular complexity index is 541. The van der Waals surface area contributed by atoms with Crippen LogP contribution in [0.4, 0.5) is 0 Å². The largest absolute Gasteiger partial charge is 0.468 e. The van der Waals surface area contributed by atoms with Crippen molar-refractivity contribution in [2.45, 2.75) is 30.9 Å². The molecule has 1 saturated heterocycles. The Morgan fingerprint density at radius 3 is 2.80 bits per heavy atom. The molecular formula is C14H17NO4S. The number of ketones is 1. The molecule has 1 aliphatic carbocycles. The van der Waals surface area contributed by atoms with Gasteiger partial charge >= 0.3 is 5.97 Å². The lowest BCUT2D eigenvalue weighted by Crippen LogP contribution is -2.45. The first-order valence-corrected chi connectivity index (χ1v) is 8.02. The van der Waals surface area contributed by atoms with E-state index in [0.29, 0.717) is 6.54 Å². The number of ether oxygens (including phenoxy) is 1. The lowest BCUT2D eigenvalue weighted by Gasteiger charge is -2.40. The number of esters is 1. The number of carbonyl (C=O) groups is 3. The van der Waals surface area contributed by atoms with Crippen LogP contribution in [0.25, 0.3) is 0 Å². The molecule has 3 rings (SSSR count). The molecule has 0 aromatic heterocycles. The lowest BCUT2D eigenvalue weighted by atomic mass is 9.71. The van der Waals surface area contributed by atoms with Gasteiger partial charge in [-0.25, -0.2) is 0 Å². The number of hydrogen-bond acceptors (Lipinski definition) is 5. The van der Waals surface area contributed by atoms with Crippen LogP contribution in [0.15, 0.2) is 11.3 Å². The van der Waals surface area contributed by atoms with Crippen molar-refractivity contribution in [3.8, 4) is 0 Å². The number of Topliss-reactive ketones (excluding diaryl/α,β-unsaturated/α-hetero) is 1. The number of methoxy groups -OCH3 is 1. The van der Waals surface area contributed by atoms with Gasteiger partial charge in [-0.2, -0.15) is 0 Å². The molecule has 0 spiro atoms. The summed E-state index contributed by atoms with van der Waals surface area (Å²) < 4.78 is 4.91. The van der Waals surface area contributed by atoms with Gasteiger partial charge in [-0.05, 0) is 24.7 Å². The normalized spacial score (nSPS) is 32.5. The first-order valence-electron chi connectivity index (χ1n) is 6.73. The average Bonchev–Trinajstić information content (AvgIpc) is 2.73. The number of thioether (sulfide) groups is 1. The Balaban J connectivity index is 2.21. The second-order valence-electron chi connectivity index (χ2n) is 5.53. The van der Waals surface area contributed by atoms with E-state index in [1.165, 1.54) is 18.9 Å². The molecule has 6 heteroatoms. The zero-order valence-electron chi connectivity index (χ0n) is 11.6. The first-order chi connectivity index (χ1) is 9.55. The van der Waals surface area contributed by atoms with Gasteiger partial charge in [0.2, 0.25) is 5.91 Å². The Labute approximate surface area is 121 Å². The molecule has 0 saturated carbocycles. The quantitative estimate of drug-likeness (QED) is 0.715. The fourth-order valence-corrected chi connectivity index (χ4v) is 4.64. The van der Waals surface area contributed by atoms with Crippen LogP contribution < -0.4 is 0 Å². The van der Waals surface area contributed by atoms with Crippen molar-refractivity contribution in [1.82, 2.24) is 4.90 Å². The molecule has 1 amide bonds. The SMILES string of the molecule is COC(=O)[C@]12CC(=O)C(SC)C3=C1N(CCC3)C(=O)C2. The van der Waals surface area contributed by atoms with Crippen molar-refractivity contribution in [2.75, 3.05) is 19.9 Å². The number of amides is 1. The standard InChI is InChI=1S/C14H17NO4S/c1-19-13(18)14-6-9(16)11(20-2)8-4-3-5-15(12(8)14)10(17)7-14/h11H,3-7H2,1-2H3/t11?,14-/m0/s1. The highest BCUT2D eigenvalue weighted by atomic mass is 32.2. The molecule has 0 radical (unpaired) electrons. The molecule has 20 heavy (non-hydrogen) atoms. The molecule has 108 valence electrons. The van der Waals surface area contributed by atoms with Crippen molar-refractivity contribution < 1.29 is 19.1 Å². The minimum atomic E-state index is -1.05. The van der Waals surface area contributed by atoms with Crippen LogP contribution in [0.5, 0.6) is 0 Å². The van der Waals surface area contributed by atoms with Gasteiger partial charge in [-0.1, -0.05) is 0 Å². The molecule has 0 aromatic carbocycles. The van der Waals surface area contributed by atoms with E-state index in [-0.39, 0.29) is 29.8 Å². The van der Waals surface area contributed by atoms with Gasteiger partial charge in [0.05, 0.1) is 12.4 Å². The summed E-state index contributed by atoms with van der Waals surface area (Å²) in [6.45, 7) is 0.645. The van der Waals surface area contributed by atoms with E-state index in [0.717, 1.165) is 24.1 Å². The van der Waals surface area contributed by atoms with Gasteiger partial charge in [0.1, 0.15) is 5.41 Å². The van der Waals surface area contributed by atoms with Gasteiger partial charge in [-0.15, -0.1) is 11.8 Å². The Morgan fingerprint density at radius 1 is 1.40 bits per heavy atom. The van der Waals surface area contributed by atoms with Crippen LogP contribution in [0.2, 0.25) is 0 Å². The van der Waals surface area contributed by atoms with E-state index >= 15 is 0 Å². The third kappa shape index (κ3) is 1.60.